The van der Waals surface area contributed by atoms with Crippen LogP contribution in [0.15, 0.2) is 34.8 Å². The number of rotatable bonds is 4. The molecule has 0 saturated heterocycles. The number of hydrogen-bond acceptors (Lipinski definition) is 4. The molecule has 0 fully saturated rings. The van der Waals surface area contributed by atoms with Gasteiger partial charge in [-0.3, -0.25) is 10.1 Å². The SMILES string of the molecule is O=[N+]([O-])c1cc(CO)ccc1Oc1cc(F)c(Cl)cc1Br. The Kier molecular flexibility index (Phi) is 4.76. The quantitative estimate of drug-likeness (QED) is 0.486. The van der Waals surface area contributed by atoms with E-state index in [0.29, 0.717) is 10.0 Å². The Hall–Kier alpha value is -1.70. The number of nitrogens with zero attached hydrogens (tertiary/aromatic N) is 1. The summed E-state index contributed by atoms with van der Waals surface area (Å²) in [4.78, 5) is 10.4. The molecule has 0 atom stereocenters. The monoisotopic (exact) mass is 375 g/mol. The van der Waals surface area contributed by atoms with E-state index < -0.39 is 10.7 Å². The van der Waals surface area contributed by atoms with Crippen LogP contribution in [0.25, 0.3) is 0 Å². The third-order valence-electron chi connectivity index (χ3n) is 2.60. The molecule has 5 nitrogen and oxygen atoms in total. The summed E-state index contributed by atoms with van der Waals surface area (Å²) in [6.45, 7) is -0.333. The van der Waals surface area contributed by atoms with Crippen molar-refractivity contribution >= 4 is 33.2 Å². The third kappa shape index (κ3) is 3.49. The van der Waals surface area contributed by atoms with Crippen molar-refractivity contribution in [2.75, 3.05) is 0 Å². The van der Waals surface area contributed by atoms with Crippen molar-refractivity contribution in [2.45, 2.75) is 6.61 Å². The van der Waals surface area contributed by atoms with Crippen molar-refractivity contribution in [3.05, 3.63) is 61.3 Å². The molecule has 2 aromatic carbocycles. The van der Waals surface area contributed by atoms with Crippen LogP contribution in [-0.4, -0.2) is 10.0 Å². The molecule has 0 saturated carbocycles. The largest absolute Gasteiger partial charge is 0.449 e. The number of aliphatic hydroxyl groups is 1. The molecule has 0 spiro atoms. The molecule has 0 bridgehead atoms. The number of nitro benzene ring substituents is 1. The molecule has 1 N–H and O–H groups in total. The van der Waals surface area contributed by atoms with E-state index in [2.05, 4.69) is 15.9 Å². The Balaban J connectivity index is 2.44. The first kappa shape index (κ1) is 15.7. The van der Waals surface area contributed by atoms with Crippen molar-refractivity contribution in [1.29, 1.82) is 0 Å². The van der Waals surface area contributed by atoms with E-state index in [9.17, 15) is 14.5 Å². The van der Waals surface area contributed by atoms with Crippen LogP contribution < -0.4 is 4.74 Å². The number of aliphatic hydroxyl groups excluding tert-OH is 1. The van der Waals surface area contributed by atoms with E-state index in [1.165, 1.54) is 24.3 Å². The molecule has 0 radical (unpaired) electrons. The van der Waals surface area contributed by atoms with Crippen LogP contribution in [0.5, 0.6) is 11.5 Å². The van der Waals surface area contributed by atoms with Crippen LogP contribution in [0, 0.1) is 15.9 Å². The van der Waals surface area contributed by atoms with Gasteiger partial charge in [-0.15, -0.1) is 0 Å². The molecule has 0 aliphatic carbocycles. The Labute approximate surface area is 132 Å². The van der Waals surface area contributed by atoms with Crippen molar-refractivity contribution < 1.29 is 19.2 Å². The molecular formula is C13H8BrClFNO4. The molecule has 0 heterocycles. The van der Waals surface area contributed by atoms with Gasteiger partial charge in [-0.05, 0) is 33.6 Å². The normalized spacial score (nSPS) is 10.5. The summed E-state index contributed by atoms with van der Waals surface area (Å²) < 4.78 is 19.2. The van der Waals surface area contributed by atoms with Gasteiger partial charge in [0.1, 0.15) is 11.6 Å². The van der Waals surface area contributed by atoms with E-state index in [4.69, 9.17) is 21.4 Å². The first-order chi connectivity index (χ1) is 9.92. The van der Waals surface area contributed by atoms with Gasteiger partial charge in [0.25, 0.3) is 0 Å². The highest BCUT2D eigenvalue weighted by Crippen LogP contribution is 2.37. The standard InChI is InChI=1S/C13H8BrClFNO4/c14-8-4-9(15)10(16)5-13(8)21-12-2-1-7(6-18)3-11(12)17(19)20/h1-5,18H,6H2. The fourth-order valence-corrected chi connectivity index (χ4v) is 2.31. The predicted octanol–water partition coefficient (Wildman–Crippen LogP) is 4.43. The zero-order valence-electron chi connectivity index (χ0n) is 10.3. The number of nitro groups is 1. The van der Waals surface area contributed by atoms with Gasteiger partial charge >= 0.3 is 5.69 Å². The lowest BCUT2D eigenvalue weighted by atomic mass is 10.2. The predicted molar refractivity (Wildman–Crippen MR) is 78.2 cm³/mol. The highest BCUT2D eigenvalue weighted by molar-refractivity contribution is 9.10. The molecule has 110 valence electrons. The van der Waals surface area contributed by atoms with Crippen molar-refractivity contribution in [3.63, 3.8) is 0 Å². The fraction of sp³-hybridized carbons (Fsp3) is 0.0769. The Morgan fingerprint density at radius 2 is 2.05 bits per heavy atom. The van der Waals surface area contributed by atoms with E-state index in [0.717, 1.165) is 6.07 Å². The molecule has 2 aromatic rings. The molecule has 21 heavy (non-hydrogen) atoms. The lowest BCUT2D eigenvalue weighted by Crippen LogP contribution is -1.96. The van der Waals surface area contributed by atoms with Crippen LogP contribution >= 0.6 is 27.5 Å². The van der Waals surface area contributed by atoms with Crippen molar-refractivity contribution in [1.82, 2.24) is 0 Å². The van der Waals surface area contributed by atoms with Crippen LogP contribution in [0.4, 0.5) is 10.1 Å². The molecule has 2 rings (SSSR count). The van der Waals surface area contributed by atoms with E-state index in [1.54, 1.807) is 0 Å². The average Bonchev–Trinajstić information content (AvgIpc) is 2.44. The summed E-state index contributed by atoms with van der Waals surface area (Å²) >= 11 is 8.76. The topological polar surface area (TPSA) is 72.6 Å². The second-order valence-electron chi connectivity index (χ2n) is 4.02. The summed E-state index contributed by atoms with van der Waals surface area (Å²) in [5.74, 6) is -0.721. The highest BCUT2D eigenvalue weighted by atomic mass is 79.9. The minimum absolute atomic E-state index is 0.0525. The van der Waals surface area contributed by atoms with Gasteiger partial charge in [0.2, 0.25) is 5.75 Å². The van der Waals surface area contributed by atoms with Gasteiger partial charge in [0.15, 0.2) is 0 Å². The van der Waals surface area contributed by atoms with Crippen LogP contribution in [0.2, 0.25) is 5.02 Å². The zero-order valence-corrected chi connectivity index (χ0v) is 12.7. The number of benzene rings is 2. The second-order valence-corrected chi connectivity index (χ2v) is 5.28. The van der Waals surface area contributed by atoms with Crippen LogP contribution in [-0.2, 0) is 6.61 Å². The molecule has 0 aliphatic rings. The zero-order chi connectivity index (χ0) is 15.6. The van der Waals surface area contributed by atoms with Gasteiger partial charge in [-0.2, -0.15) is 0 Å². The van der Waals surface area contributed by atoms with Crippen molar-refractivity contribution in [2.24, 2.45) is 0 Å². The van der Waals surface area contributed by atoms with Gasteiger partial charge in [0.05, 0.1) is 21.0 Å². The molecule has 8 heteroatoms. The van der Waals surface area contributed by atoms with Crippen LogP contribution in [0.1, 0.15) is 5.56 Å². The molecule has 0 aromatic heterocycles. The van der Waals surface area contributed by atoms with E-state index >= 15 is 0 Å². The number of halogens is 3. The lowest BCUT2D eigenvalue weighted by Gasteiger charge is -2.09. The first-order valence-corrected chi connectivity index (χ1v) is 6.80. The minimum Gasteiger partial charge on any atom is -0.449 e. The summed E-state index contributed by atoms with van der Waals surface area (Å²) in [5, 5.41) is 19.9. The Bertz CT molecular complexity index is 711. The maximum absolute atomic E-state index is 13.4. The van der Waals surface area contributed by atoms with Gasteiger partial charge in [0, 0.05) is 12.1 Å². The van der Waals surface area contributed by atoms with Gasteiger partial charge < -0.3 is 9.84 Å². The average molecular weight is 377 g/mol. The van der Waals surface area contributed by atoms with E-state index in [1.807, 2.05) is 0 Å². The Morgan fingerprint density at radius 3 is 2.67 bits per heavy atom. The Morgan fingerprint density at radius 1 is 1.33 bits per heavy atom. The van der Waals surface area contributed by atoms with Gasteiger partial charge in [-0.25, -0.2) is 4.39 Å². The number of hydrogen-bond donors (Lipinski definition) is 1. The molecular weight excluding hydrogens is 369 g/mol. The van der Waals surface area contributed by atoms with Gasteiger partial charge in [-0.1, -0.05) is 17.7 Å². The first-order valence-electron chi connectivity index (χ1n) is 5.63. The smallest absolute Gasteiger partial charge is 0.311 e. The third-order valence-corrected chi connectivity index (χ3v) is 3.51. The summed E-state index contributed by atoms with van der Waals surface area (Å²) in [7, 11) is 0. The highest BCUT2D eigenvalue weighted by Gasteiger charge is 2.18. The maximum atomic E-state index is 13.4. The number of ether oxygens (including phenoxy) is 1. The van der Waals surface area contributed by atoms with Crippen LogP contribution in [0.3, 0.4) is 0 Å². The summed E-state index contributed by atoms with van der Waals surface area (Å²) in [5.41, 5.74) is 0.0409. The minimum atomic E-state index is -0.704. The fourth-order valence-electron chi connectivity index (χ4n) is 1.59. The maximum Gasteiger partial charge on any atom is 0.311 e. The van der Waals surface area contributed by atoms with E-state index in [-0.39, 0.29) is 28.8 Å². The molecule has 0 unspecified atom stereocenters. The van der Waals surface area contributed by atoms with Crippen molar-refractivity contribution in [3.8, 4) is 11.5 Å². The molecule has 0 aliphatic heterocycles. The summed E-state index contributed by atoms with van der Waals surface area (Å²) in [6, 6.07) is 6.32. The summed E-state index contributed by atoms with van der Waals surface area (Å²) in [6.07, 6.45) is 0. The molecule has 0 amide bonds. The second kappa shape index (κ2) is 6.38. The lowest BCUT2D eigenvalue weighted by molar-refractivity contribution is -0.385.